The van der Waals surface area contributed by atoms with Gasteiger partial charge in [-0.2, -0.15) is 0 Å². The lowest BCUT2D eigenvalue weighted by atomic mass is 9.93. The molecule has 1 fully saturated rings. The highest BCUT2D eigenvalue weighted by Gasteiger charge is 2.29. The minimum Gasteiger partial charge on any atom is -0.497 e. The Morgan fingerprint density at radius 1 is 1.05 bits per heavy atom. The predicted octanol–water partition coefficient (Wildman–Crippen LogP) is 5.17. The van der Waals surface area contributed by atoms with Gasteiger partial charge in [0.15, 0.2) is 0 Å². The molecular weight excluding hydrogens is 460 g/mol. The average molecular weight is 501 g/mol. The summed E-state index contributed by atoms with van der Waals surface area (Å²) in [5, 5.41) is 13.4. The summed E-state index contributed by atoms with van der Waals surface area (Å²) in [5.74, 6) is 1.48. The first-order chi connectivity index (χ1) is 17.9. The lowest BCUT2D eigenvalue weighted by molar-refractivity contribution is 0.0673. The molecule has 0 radical (unpaired) electrons. The van der Waals surface area contributed by atoms with Gasteiger partial charge in [-0.15, -0.1) is 0 Å². The normalized spacial score (nSPS) is 19.5. The fraction of sp³-hybridized carbons (Fsp3) is 0.469. The van der Waals surface area contributed by atoms with Gasteiger partial charge in [-0.3, -0.25) is 4.79 Å². The van der Waals surface area contributed by atoms with E-state index >= 15 is 0 Å². The van der Waals surface area contributed by atoms with Gasteiger partial charge in [0.1, 0.15) is 5.75 Å². The molecule has 2 atom stereocenters. The minimum absolute atomic E-state index is 0.188. The number of aryl methyl sites for hydroxylation is 2. The standard InChI is InChI=1S/C32H40N2O3/c1-22-15-27-12-14-34(32(36)31(27)16-23(22)2)20-24-7-4-5-13-33(19-24)21-28(35)17-25-8-6-9-26-18-29(37-3)10-11-30(25)26/h6,8-11,15-16,18,24,28,35H,4-5,7,12-14,17,19-21H2,1-3H3. The summed E-state index contributed by atoms with van der Waals surface area (Å²) in [4.78, 5) is 17.8. The summed E-state index contributed by atoms with van der Waals surface area (Å²) in [6, 6.07) is 16.7. The van der Waals surface area contributed by atoms with Crippen LogP contribution in [0, 0.1) is 19.8 Å². The van der Waals surface area contributed by atoms with Crippen LogP contribution in [-0.2, 0) is 12.8 Å². The van der Waals surface area contributed by atoms with Crippen molar-refractivity contribution in [1.29, 1.82) is 0 Å². The Morgan fingerprint density at radius 3 is 2.73 bits per heavy atom. The number of ether oxygens (including phenoxy) is 1. The zero-order valence-corrected chi connectivity index (χ0v) is 22.5. The highest BCUT2D eigenvalue weighted by molar-refractivity contribution is 5.97. The van der Waals surface area contributed by atoms with Crippen molar-refractivity contribution in [2.45, 2.75) is 52.1 Å². The quantitative estimate of drug-likeness (QED) is 0.486. The van der Waals surface area contributed by atoms with E-state index < -0.39 is 6.10 Å². The van der Waals surface area contributed by atoms with E-state index in [1.165, 1.54) is 34.1 Å². The van der Waals surface area contributed by atoms with Crippen molar-refractivity contribution in [3.8, 4) is 5.75 Å². The second-order valence-corrected chi connectivity index (χ2v) is 11.1. The molecule has 196 valence electrons. The molecule has 1 N–H and O–H groups in total. The van der Waals surface area contributed by atoms with Crippen molar-refractivity contribution in [3.63, 3.8) is 0 Å². The molecule has 5 rings (SSSR count). The van der Waals surface area contributed by atoms with E-state index in [2.05, 4.69) is 60.0 Å². The third kappa shape index (κ3) is 5.83. The highest BCUT2D eigenvalue weighted by atomic mass is 16.5. The van der Waals surface area contributed by atoms with Crippen molar-refractivity contribution in [3.05, 3.63) is 76.3 Å². The van der Waals surface area contributed by atoms with Gasteiger partial charge in [-0.05, 0) is 96.8 Å². The van der Waals surface area contributed by atoms with Crippen LogP contribution in [0.2, 0.25) is 0 Å². The van der Waals surface area contributed by atoms with E-state index in [0.717, 1.165) is 62.1 Å². The Labute approximate surface area is 221 Å². The van der Waals surface area contributed by atoms with Gasteiger partial charge in [-0.1, -0.05) is 36.8 Å². The summed E-state index contributed by atoms with van der Waals surface area (Å²) in [7, 11) is 1.69. The Balaban J connectivity index is 1.21. The van der Waals surface area contributed by atoms with E-state index in [-0.39, 0.29) is 5.91 Å². The number of amides is 1. The summed E-state index contributed by atoms with van der Waals surface area (Å²) < 4.78 is 5.37. The molecule has 0 aromatic heterocycles. The fourth-order valence-electron chi connectivity index (χ4n) is 6.18. The number of hydrogen-bond donors (Lipinski definition) is 1. The largest absolute Gasteiger partial charge is 0.497 e. The first-order valence-electron chi connectivity index (χ1n) is 13.8. The van der Waals surface area contributed by atoms with Crippen molar-refractivity contribution in [2.75, 3.05) is 39.8 Å². The molecule has 3 aromatic carbocycles. The van der Waals surface area contributed by atoms with Gasteiger partial charge in [0.2, 0.25) is 0 Å². The number of likely N-dealkylation sites (tertiary alicyclic amines) is 1. The van der Waals surface area contributed by atoms with E-state index in [0.29, 0.717) is 18.9 Å². The Kier molecular flexibility index (Phi) is 7.82. The summed E-state index contributed by atoms with van der Waals surface area (Å²) in [5.41, 5.74) is 5.71. The van der Waals surface area contributed by atoms with Crippen LogP contribution in [0.3, 0.4) is 0 Å². The maximum atomic E-state index is 13.3. The predicted molar refractivity (Wildman–Crippen MR) is 150 cm³/mol. The summed E-state index contributed by atoms with van der Waals surface area (Å²) >= 11 is 0. The smallest absolute Gasteiger partial charge is 0.254 e. The van der Waals surface area contributed by atoms with E-state index in [4.69, 9.17) is 4.74 Å². The van der Waals surface area contributed by atoms with Crippen molar-refractivity contribution >= 4 is 16.7 Å². The number of benzene rings is 3. The molecule has 0 bridgehead atoms. The molecule has 3 aromatic rings. The molecule has 2 heterocycles. The summed E-state index contributed by atoms with van der Waals surface area (Å²) in [6.07, 6.45) is 4.60. The minimum atomic E-state index is -0.429. The second-order valence-electron chi connectivity index (χ2n) is 11.1. The number of nitrogens with zero attached hydrogens (tertiary/aromatic N) is 2. The Hall–Kier alpha value is -2.89. The van der Waals surface area contributed by atoms with E-state index in [1.807, 2.05) is 12.1 Å². The molecule has 2 aliphatic rings. The average Bonchev–Trinajstić information content (AvgIpc) is 3.11. The second kappa shape index (κ2) is 11.2. The fourth-order valence-corrected chi connectivity index (χ4v) is 6.18. The van der Waals surface area contributed by atoms with Crippen LogP contribution in [0.5, 0.6) is 5.75 Å². The first-order valence-corrected chi connectivity index (χ1v) is 13.8. The van der Waals surface area contributed by atoms with Crippen LogP contribution >= 0.6 is 0 Å². The van der Waals surface area contributed by atoms with E-state index in [9.17, 15) is 9.90 Å². The van der Waals surface area contributed by atoms with Crippen LogP contribution < -0.4 is 4.74 Å². The maximum Gasteiger partial charge on any atom is 0.254 e. The molecule has 1 amide bonds. The molecule has 0 spiro atoms. The molecule has 2 unspecified atom stereocenters. The summed E-state index contributed by atoms with van der Waals surface area (Å²) in [6.45, 7) is 8.44. The van der Waals surface area contributed by atoms with Crippen LogP contribution in [0.15, 0.2) is 48.5 Å². The van der Waals surface area contributed by atoms with Gasteiger partial charge in [0.05, 0.1) is 13.2 Å². The van der Waals surface area contributed by atoms with Crippen LogP contribution in [-0.4, -0.2) is 66.8 Å². The number of β-amino-alcohol motifs (C(OH)–C–C–N with tert-alkyl or cyclic N) is 1. The molecule has 5 nitrogen and oxygen atoms in total. The van der Waals surface area contributed by atoms with Gasteiger partial charge >= 0.3 is 0 Å². The highest BCUT2D eigenvalue weighted by Crippen LogP contribution is 2.27. The van der Waals surface area contributed by atoms with Gasteiger partial charge in [0, 0.05) is 38.2 Å². The third-order valence-electron chi connectivity index (χ3n) is 8.32. The molecule has 1 saturated heterocycles. The number of rotatable bonds is 7. The maximum absolute atomic E-state index is 13.3. The van der Waals surface area contributed by atoms with Crippen LogP contribution in [0.25, 0.3) is 10.8 Å². The first kappa shape index (κ1) is 25.7. The van der Waals surface area contributed by atoms with E-state index in [1.54, 1.807) is 7.11 Å². The topological polar surface area (TPSA) is 53.0 Å². The zero-order valence-electron chi connectivity index (χ0n) is 22.5. The number of fused-ring (bicyclic) bond motifs is 2. The Morgan fingerprint density at radius 2 is 1.89 bits per heavy atom. The van der Waals surface area contributed by atoms with Gasteiger partial charge in [-0.25, -0.2) is 0 Å². The molecule has 2 aliphatic heterocycles. The molecule has 37 heavy (non-hydrogen) atoms. The number of hydrogen-bond acceptors (Lipinski definition) is 4. The lowest BCUT2D eigenvalue weighted by Gasteiger charge is -2.34. The van der Waals surface area contributed by atoms with Crippen LogP contribution in [0.1, 0.15) is 51.9 Å². The SMILES string of the molecule is COc1ccc2c(CC(O)CN3CCCCC(CN4CCc5cc(C)c(C)cc5C4=O)C3)cccc2c1. The number of carbonyl (C=O) groups is 1. The zero-order chi connectivity index (χ0) is 25.9. The number of carbonyl (C=O) groups excluding carboxylic acids is 1. The molecular formula is C32H40N2O3. The molecule has 0 saturated carbocycles. The number of aliphatic hydroxyl groups is 1. The molecule has 0 aliphatic carbocycles. The van der Waals surface area contributed by atoms with Gasteiger partial charge < -0.3 is 19.6 Å². The van der Waals surface area contributed by atoms with Crippen molar-refractivity contribution in [1.82, 2.24) is 9.80 Å². The lowest BCUT2D eigenvalue weighted by Crippen LogP contribution is -2.44. The van der Waals surface area contributed by atoms with Crippen molar-refractivity contribution < 1.29 is 14.6 Å². The van der Waals surface area contributed by atoms with Crippen LogP contribution in [0.4, 0.5) is 0 Å². The molecule has 5 heteroatoms. The van der Waals surface area contributed by atoms with Gasteiger partial charge in [0.25, 0.3) is 5.91 Å². The van der Waals surface area contributed by atoms with Crippen molar-refractivity contribution in [2.24, 2.45) is 5.92 Å². The monoisotopic (exact) mass is 500 g/mol. The Bertz CT molecular complexity index is 1270. The number of aliphatic hydroxyl groups excluding tert-OH is 1. The number of methoxy groups -OCH3 is 1. The third-order valence-corrected chi connectivity index (χ3v) is 8.32.